The van der Waals surface area contributed by atoms with Gasteiger partial charge in [-0.05, 0) is 37.1 Å². The maximum absolute atomic E-state index is 12.6. The van der Waals surface area contributed by atoms with Gasteiger partial charge in [0, 0.05) is 36.1 Å². The van der Waals surface area contributed by atoms with Crippen molar-refractivity contribution in [3.8, 4) is 5.75 Å². The third-order valence-corrected chi connectivity index (χ3v) is 5.17. The molecule has 6 nitrogen and oxygen atoms in total. The number of carbonyl (C=O) groups is 2. The molecule has 1 aromatic heterocycles. The van der Waals surface area contributed by atoms with E-state index in [0.717, 1.165) is 29.1 Å². The van der Waals surface area contributed by atoms with Crippen molar-refractivity contribution in [1.29, 1.82) is 0 Å². The SMILES string of the molecule is COc1ccc2c(c1)[C@@H](C(=O)NCCCc1nc(C)cs1)CC(=O)N2. The number of ether oxygens (including phenoxy) is 1. The third-order valence-electron chi connectivity index (χ3n) is 4.15. The Labute approximate surface area is 150 Å². The van der Waals surface area contributed by atoms with Gasteiger partial charge in [0.05, 0.1) is 18.0 Å². The van der Waals surface area contributed by atoms with E-state index >= 15 is 0 Å². The van der Waals surface area contributed by atoms with Gasteiger partial charge in [0.15, 0.2) is 0 Å². The number of fused-ring (bicyclic) bond motifs is 1. The topological polar surface area (TPSA) is 80.3 Å². The van der Waals surface area contributed by atoms with Gasteiger partial charge in [-0.1, -0.05) is 0 Å². The summed E-state index contributed by atoms with van der Waals surface area (Å²) in [6.45, 7) is 2.54. The van der Waals surface area contributed by atoms with Crippen LogP contribution >= 0.6 is 11.3 Å². The summed E-state index contributed by atoms with van der Waals surface area (Å²) in [5, 5.41) is 8.86. The summed E-state index contributed by atoms with van der Waals surface area (Å²) < 4.78 is 5.23. The van der Waals surface area contributed by atoms with E-state index in [1.54, 1.807) is 30.6 Å². The van der Waals surface area contributed by atoms with Gasteiger partial charge in [0.25, 0.3) is 0 Å². The van der Waals surface area contributed by atoms with Crippen molar-refractivity contribution >= 4 is 28.8 Å². The van der Waals surface area contributed by atoms with Crippen molar-refractivity contribution in [3.63, 3.8) is 0 Å². The normalized spacial score (nSPS) is 16.1. The van der Waals surface area contributed by atoms with E-state index in [1.807, 2.05) is 18.4 Å². The molecule has 0 saturated carbocycles. The minimum Gasteiger partial charge on any atom is -0.497 e. The van der Waals surface area contributed by atoms with Crippen molar-refractivity contribution in [1.82, 2.24) is 10.3 Å². The molecule has 1 aliphatic rings. The zero-order valence-electron chi connectivity index (χ0n) is 14.3. The van der Waals surface area contributed by atoms with Crippen LogP contribution in [0.1, 0.15) is 35.0 Å². The van der Waals surface area contributed by atoms with Crippen molar-refractivity contribution in [2.24, 2.45) is 0 Å². The van der Waals surface area contributed by atoms with Gasteiger partial charge >= 0.3 is 0 Å². The number of anilines is 1. The van der Waals surface area contributed by atoms with Gasteiger partial charge in [-0.3, -0.25) is 9.59 Å². The molecule has 0 unspecified atom stereocenters. The van der Waals surface area contributed by atoms with Crippen LogP contribution in [-0.4, -0.2) is 30.5 Å². The first kappa shape index (κ1) is 17.4. The molecule has 0 spiro atoms. The minimum absolute atomic E-state index is 0.125. The third kappa shape index (κ3) is 4.17. The molecule has 25 heavy (non-hydrogen) atoms. The first-order chi connectivity index (χ1) is 12.1. The second-order valence-electron chi connectivity index (χ2n) is 6.04. The number of nitrogens with one attached hydrogen (secondary N) is 2. The monoisotopic (exact) mass is 359 g/mol. The fraction of sp³-hybridized carbons (Fsp3) is 0.389. The van der Waals surface area contributed by atoms with Crippen LogP contribution in [0.2, 0.25) is 0 Å². The molecular formula is C18H21N3O3S. The molecular weight excluding hydrogens is 338 g/mol. The number of carbonyl (C=O) groups excluding carboxylic acids is 2. The van der Waals surface area contributed by atoms with Crippen molar-refractivity contribution in [3.05, 3.63) is 39.8 Å². The minimum atomic E-state index is -0.485. The van der Waals surface area contributed by atoms with Gasteiger partial charge in [0.2, 0.25) is 11.8 Å². The summed E-state index contributed by atoms with van der Waals surface area (Å²) in [5.74, 6) is -0.0801. The summed E-state index contributed by atoms with van der Waals surface area (Å²) in [5.41, 5.74) is 2.50. The van der Waals surface area contributed by atoms with E-state index in [4.69, 9.17) is 4.74 Å². The van der Waals surface area contributed by atoms with Crippen molar-refractivity contribution < 1.29 is 14.3 Å². The Bertz CT molecular complexity index is 788. The van der Waals surface area contributed by atoms with E-state index in [9.17, 15) is 9.59 Å². The fourth-order valence-corrected chi connectivity index (χ4v) is 3.71. The van der Waals surface area contributed by atoms with Crippen LogP contribution in [0.4, 0.5) is 5.69 Å². The van der Waals surface area contributed by atoms with Crippen LogP contribution in [0.3, 0.4) is 0 Å². The zero-order chi connectivity index (χ0) is 17.8. The maximum atomic E-state index is 12.6. The highest BCUT2D eigenvalue weighted by Gasteiger charge is 2.30. The first-order valence-corrected chi connectivity index (χ1v) is 9.11. The average molecular weight is 359 g/mol. The molecule has 1 aromatic carbocycles. The number of amides is 2. The zero-order valence-corrected chi connectivity index (χ0v) is 15.1. The number of thiazole rings is 1. The maximum Gasteiger partial charge on any atom is 0.228 e. The molecule has 1 aliphatic heterocycles. The number of hydrogen-bond acceptors (Lipinski definition) is 5. The van der Waals surface area contributed by atoms with Crippen LogP contribution in [0.15, 0.2) is 23.6 Å². The smallest absolute Gasteiger partial charge is 0.228 e. The van der Waals surface area contributed by atoms with Crippen LogP contribution in [0, 0.1) is 6.92 Å². The Kier molecular flexibility index (Phi) is 5.33. The van der Waals surface area contributed by atoms with E-state index in [2.05, 4.69) is 15.6 Å². The number of hydrogen-bond donors (Lipinski definition) is 2. The molecule has 0 bridgehead atoms. The lowest BCUT2D eigenvalue weighted by Crippen LogP contribution is -2.35. The summed E-state index contributed by atoms with van der Waals surface area (Å²) >= 11 is 1.64. The molecule has 0 radical (unpaired) electrons. The largest absolute Gasteiger partial charge is 0.497 e. The van der Waals surface area contributed by atoms with E-state index in [0.29, 0.717) is 18.0 Å². The van der Waals surface area contributed by atoms with Crippen LogP contribution < -0.4 is 15.4 Å². The molecule has 1 atom stereocenters. The lowest BCUT2D eigenvalue weighted by atomic mass is 9.89. The van der Waals surface area contributed by atoms with Gasteiger partial charge < -0.3 is 15.4 Å². The molecule has 2 amide bonds. The summed E-state index contributed by atoms with van der Waals surface area (Å²) in [6.07, 6.45) is 1.81. The molecule has 2 aromatic rings. The van der Waals surface area contributed by atoms with E-state index in [1.165, 1.54) is 0 Å². The highest BCUT2D eigenvalue weighted by molar-refractivity contribution is 7.09. The highest BCUT2D eigenvalue weighted by Crippen LogP contribution is 2.34. The molecule has 7 heteroatoms. The average Bonchev–Trinajstić information content (AvgIpc) is 3.02. The molecule has 0 saturated heterocycles. The fourth-order valence-electron chi connectivity index (χ4n) is 2.89. The van der Waals surface area contributed by atoms with Crippen LogP contribution in [-0.2, 0) is 16.0 Å². The summed E-state index contributed by atoms with van der Waals surface area (Å²) in [6, 6.07) is 5.36. The Morgan fingerprint density at radius 2 is 2.32 bits per heavy atom. The lowest BCUT2D eigenvalue weighted by Gasteiger charge is -2.25. The van der Waals surface area contributed by atoms with Gasteiger partial charge in [-0.15, -0.1) is 11.3 Å². The Hall–Kier alpha value is -2.41. The predicted octanol–water partition coefficient (Wildman–Crippen LogP) is 2.63. The Morgan fingerprint density at radius 1 is 1.48 bits per heavy atom. The summed E-state index contributed by atoms with van der Waals surface area (Å²) in [7, 11) is 1.58. The Morgan fingerprint density at radius 3 is 3.04 bits per heavy atom. The van der Waals surface area contributed by atoms with E-state index in [-0.39, 0.29) is 18.2 Å². The van der Waals surface area contributed by atoms with Crippen molar-refractivity contribution in [2.45, 2.75) is 32.1 Å². The molecule has 0 aliphatic carbocycles. The highest BCUT2D eigenvalue weighted by atomic mass is 32.1. The number of rotatable bonds is 6. The summed E-state index contributed by atoms with van der Waals surface area (Å²) in [4.78, 5) is 28.9. The second-order valence-corrected chi connectivity index (χ2v) is 6.98. The number of benzene rings is 1. The Balaban J connectivity index is 1.61. The van der Waals surface area contributed by atoms with Crippen LogP contribution in [0.5, 0.6) is 5.75 Å². The van der Waals surface area contributed by atoms with Gasteiger partial charge in [-0.25, -0.2) is 4.98 Å². The number of aromatic nitrogens is 1. The van der Waals surface area contributed by atoms with Gasteiger partial charge in [0.1, 0.15) is 5.75 Å². The quantitative estimate of drug-likeness (QED) is 0.777. The molecule has 3 rings (SSSR count). The standard InChI is InChI=1S/C18H21N3O3S/c1-11-10-25-17(20-11)4-3-7-19-18(23)14-9-16(22)21-15-6-5-12(24-2)8-13(14)15/h5-6,8,10,14H,3-4,7,9H2,1-2H3,(H,19,23)(H,21,22)/t14-/m0/s1. The molecule has 132 valence electrons. The van der Waals surface area contributed by atoms with Crippen LogP contribution in [0.25, 0.3) is 0 Å². The first-order valence-electron chi connectivity index (χ1n) is 8.23. The van der Waals surface area contributed by atoms with Crippen molar-refractivity contribution in [2.75, 3.05) is 19.0 Å². The predicted molar refractivity (Wildman–Crippen MR) is 97.2 cm³/mol. The number of aryl methyl sites for hydroxylation is 2. The second kappa shape index (κ2) is 7.65. The van der Waals surface area contributed by atoms with E-state index < -0.39 is 5.92 Å². The van der Waals surface area contributed by atoms with Gasteiger partial charge in [-0.2, -0.15) is 0 Å². The number of nitrogens with zero attached hydrogens (tertiary/aromatic N) is 1. The molecule has 2 N–H and O–H groups in total. The molecule has 0 fully saturated rings. The molecule has 2 heterocycles. The number of methoxy groups -OCH3 is 1. The lowest BCUT2D eigenvalue weighted by molar-refractivity contribution is -0.126.